The number of rotatable bonds is 3. The second-order valence-electron chi connectivity index (χ2n) is 9.22. The van der Waals surface area contributed by atoms with Gasteiger partial charge in [0.25, 0.3) is 5.91 Å². The maximum Gasteiger partial charge on any atom is 0.257 e. The van der Waals surface area contributed by atoms with Crippen LogP contribution in [0.3, 0.4) is 0 Å². The molecule has 2 aromatic rings. The van der Waals surface area contributed by atoms with E-state index in [0.717, 1.165) is 49.8 Å². The van der Waals surface area contributed by atoms with Crippen LogP contribution in [0, 0.1) is 5.92 Å². The Morgan fingerprint density at radius 1 is 0.848 bits per heavy atom. The Morgan fingerprint density at radius 3 is 2.12 bits per heavy atom. The van der Waals surface area contributed by atoms with Gasteiger partial charge in [0, 0.05) is 31.7 Å². The molecule has 0 atom stereocenters. The van der Waals surface area contributed by atoms with Crippen LogP contribution in [0.15, 0.2) is 42.5 Å². The van der Waals surface area contributed by atoms with Crippen molar-refractivity contribution >= 4 is 40.7 Å². The van der Waals surface area contributed by atoms with E-state index in [-0.39, 0.29) is 17.7 Å². The largest absolute Gasteiger partial charge is 0.334 e. The zero-order valence-corrected chi connectivity index (χ0v) is 21.2. The summed E-state index contributed by atoms with van der Waals surface area (Å²) in [5.41, 5.74) is 2.20. The molecular formula is C27H34Cl2N2O2. The van der Waals surface area contributed by atoms with E-state index in [4.69, 9.17) is 23.2 Å². The molecule has 0 N–H and O–H groups in total. The third-order valence-electron chi connectivity index (χ3n) is 6.05. The molecule has 0 radical (unpaired) electrons. The second-order valence-corrected chi connectivity index (χ2v) is 10.0. The molecule has 2 amide bonds. The standard InChI is InChI=1S/C27H34Cl2N2O2/c1-20(2)18-25(32)31-17-10-6-4-3-5-9-16-30(19-21-12-7-8-15-24(21)31)27(33)26-22(28)13-11-14-23(26)29/h7-8,11-15,20H,3-6,9-10,16-19H2,1-2H3. The molecule has 1 aliphatic rings. The number of hydrogen-bond acceptors (Lipinski definition) is 2. The molecule has 1 heterocycles. The number of amides is 2. The number of carbonyl (C=O) groups excluding carboxylic acids is 2. The maximum atomic E-state index is 13.6. The minimum atomic E-state index is -0.171. The Hall–Kier alpha value is -2.04. The fraction of sp³-hybridized carbons (Fsp3) is 0.481. The fourth-order valence-electron chi connectivity index (χ4n) is 4.34. The number of fused-ring (bicyclic) bond motifs is 1. The lowest BCUT2D eigenvalue weighted by molar-refractivity contribution is -0.119. The molecule has 0 fully saturated rings. The summed E-state index contributed by atoms with van der Waals surface area (Å²) in [5.74, 6) is 0.254. The van der Waals surface area contributed by atoms with E-state index in [9.17, 15) is 9.59 Å². The number of carbonyl (C=O) groups is 2. The predicted molar refractivity (Wildman–Crippen MR) is 137 cm³/mol. The molecule has 2 aromatic carbocycles. The first-order valence-corrected chi connectivity index (χ1v) is 12.8. The lowest BCUT2D eigenvalue weighted by Crippen LogP contribution is -2.36. The zero-order chi connectivity index (χ0) is 23.8. The van der Waals surface area contributed by atoms with Gasteiger partial charge in [-0.2, -0.15) is 0 Å². The normalized spacial score (nSPS) is 15.9. The predicted octanol–water partition coefficient (Wildman–Crippen LogP) is 7.37. The van der Waals surface area contributed by atoms with Crippen LogP contribution >= 0.6 is 23.2 Å². The summed E-state index contributed by atoms with van der Waals surface area (Å²) in [6.07, 6.45) is 6.84. The monoisotopic (exact) mass is 488 g/mol. The molecule has 4 nitrogen and oxygen atoms in total. The molecule has 1 aliphatic heterocycles. The lowest BCUT2D eigenvalue weighted by Gasteiger charge is -2.29. The Labute approximate surface area is 207 Å². The summed E-state index contributed by atoms with van der Waals surface area (Å²) in [6, 6.07) is 13.1. The van der Waals surface area contributed by atoms with Crippen molar-refractivity contribution in [1.29, 1.82) is 0 Å². The highest BCUT2D eigenvalue weighted by Crippen LogP contribution is 2.29. The van der Waals surface area contributed by atoms with E-state index < -0.39 is 0 Å². The van der Waals surface area contributed by atoms with Crippen molar-refractivity contribution in [3.8, 4) is 0 Å². The van der Waals surface area contributed by atoms with E-state index in [1.54, 1.807) is 18.2 Å². The highest BCUT2D eigenvalue weighted by atomic mass is 35.5. The minimum Gasteiger partial charge on any atom is -0.334 e. The summed E-state index contributed by atoms with van der Waals surface area (Å²) in [6.45, 7) is 5.86. The summed E-state index contributed by atoms with van der Waals surface area (Å²) >= 11 is 12.7. The molecule has 0 unspecified atom stereocenters. The van der Waals surface area contributed by atoms with Crippen LogP contribution in [0.1, 0.15) is 74.7 Å². The topological polar surface area (TPSA) is 40.6 Å². The molecule has 0 aromatic heterocycles. The average molecular weight is 489 g/mol. The van der Waals surface area contributed by atoms with Gasteiger partial charge in [-0.05, 0) is 42.5 Å². The highest BCUT2D eigenvalue weighted by molar-refractivity contribution is 6.39. The van der Waals surface area contributed by atoms with Crippen LogP contribution in [0.25, 0.3) is 0 Å². The van der Waals surface area contributed by atoms with Crippen LogP contribution in [0.4, 0.5) is 5.69 Å². The SMILES string of the molecule is CC(C)CC(=O)N1CCCCCCCCN(C(=O)c2c(Cl)cccc2Cl)Cc2ccccc21. The Kier molecular flexibility index (Phi) is 9.64. The second kappa shape index (κ2) is 12.4. The third-order valence-corrected chi connectivity index (χ3v) is 6.68. The zero-order valence-electron chi connectivity index (χ0n) is 19.7. The number of hydrogen-bond donors (Lipinski definition) is 0. The van der Waals surface area contributed by atoms with Crippen LogP contribution in [-0.4, -0.2) is 29.8 Å². The van der Waals surface area contributed by atoms with Gasteiger partial charge in [0.1, 0.15) is 0 Å². The molecule has 178 valence electrons. The molecule has 0 bridgehead atoms. The number of halogens is 2. The van der Waals surface area contributed by atoms with Gasteiger partial charge in [-0.25, -0.2) is 0 Å². The smallest absolute Gasteiger partial charge is 0.257 e. The van der Waals surface area contributed by atoms with E-state index in [1.807, 2.05) is 34.1 Å². The first-order valence-electron chi connectivity index (χ1n) is 12.0. The van der Waals surface area contributed by atoms with Gasteiger partial charge in [0.05, 0.1) is 15.6 Å². The summed E-state index contributed by atoms with van der Waals surface area (Å²) in [7, 11) is 0. The van der Waals surface area contributed by atoms with Gasteiger partial charge < -0.3 is 9.80 Å². The molecule has 0 saturated carbocycles. The van der Waals surface area contributed by atoms with Gasteiger partial charge in [0.2, 0.25) is 5.91 Å². The Morgan fingerprint density at radius 2 is 1.45 bits per heavy atom. The van der Waals surface area contributed by atoms with E-state index in [0.29, 0.717) is 41.7 Å². The first-order chi connectivity index (χ1) is 15.9. The highest BCUT2D eigenvalue weighted by Gasteiger charge is 2.25. The number of para-hydroxylation sites is 1. The molecule has 3 rings (SSSR count). The third kappa shape index (κ3) is 6.97. The maximum absolute atomic E-state index is 13.6. The van der Waals surface area contributed by atoms with Gasteiger partial charge in [0.15, 0.2) is 0 Å². The van der Waals surface area contributed by atoms with Crippen molar-refractivity contribution in [2.24, 2.45) is 5.92 Å². The van der Waals surface area contributed by atoms with Gasteiger partial charge in [-0.15, -0.1) is 0 Å². The van der Waals surface area contributed by atoms with Crippen molar-refractivity contribution < 1.29 is 9.59 Å². The molecule has 0 saturated heterocycles. The van der Waals surface area contributed by atoms with Crippen molar-refractivity contribution in [3.05, 3.63) is 63.6 Å². The summed E-state index contributed by atoms with van der Waals surface area (Å²) in [4.78, 5) is 30.5. The molecule has 6 heteroatoms. The first kappa shape index (κ1) is 25.6. The Bertz CT molecular complexity index is 941. The van der Waals surface area contributed by atoms with E-state index in [1.165, 1.54) is 0 Å². The summed E-state index contributed by atoms with van der Waals surface area (Å²) in [5, 5.41) is 0.717. The number of benzene rings is 2. The minimum absolute atomic E-state index is 0.138. The quantitative estimate of drug-likeness (QED) is 0.452. The van der Waals surface area contributed by atoms with Crippen molar-refractivity contribution in [3.63, 3.8) is 0 Å². The number of nitrogens with zero attached hydrogens (tertiary/aromatic N) is 2. The van der Waals surface area contributed by atoms with Gasteiger partial charge in [-0.1, -0.05) is 87.0 Å². The molecule has 0 spiro atoms. The molecule has 33 heavy (non-hydrogen) atoms. The molecule has 0 aliphatic carbocycles. The van der Waals surface area contributed by atoms with Crippen molar-refractivity contribution in [2.45, 2.75) is 65.3 Å². The van der Waals surface area contributed by atoms with Crippen LogP contribution in [0.2, 0.25) is 10.0 Å². The average Bonchev–Trinajstić information content (AvgIpc) is 2.78. The van der Waals surface area contributed by atoms with Gasteiger partial charge >= 0.3 is 0 Å². The number of anilines is 1. The van der Waals surface area contributed by atoms with Gasteiger partial charge in [-0.3, -0.25) is 9.59 Å². The van der Waals surface area contributed by atoms with Crippen molar-refractivity contribution in [2.75, 3.05) is 18.0 Å². The van der Waals surface area contributed by atoms with E-state index >= 15 is 0 Å². The van der Waals surface area contributed by atoms with Crippen molar-refractivity contribution in [1.82, 2.24) is 4.90 Å². The van der Waals surface area contributed by atoms with Crippen LogP contribution in [-0.2, 0) is 11.3 Å². The fourth-order valence-corrected chi connectivity index (χ4v) is 4.90. The Balaban J connectivity index is 1.98. The molecular weight excluding hydrogens is 455 g/mol. The van der Waals surface area contributed by atoms with E-state index in [2.05, 4.69) is 13.8 Å². The summed E-state index contributed by atoms with van der Waals surface area (Å²) < 4.78 is 0. The van der Waals surface area contributed by atoms with Crippen LogP contribution in [0.5, 0.6) is 0 Å². The van der Waals surface area contributed by atoms with Crippen LogP contribution < -0.4 is 4.90 Å². The lowest BCUT2D eigenvalue weighted by atomic mass is 10.1.